The molecule has 0 saturated heterocycles. The van der Waals surface area contributed by atoms with E-state index in [1.165, 1.54) is 55.1 Å². The Balaban J connectivity index is 1.88. The molecule has 0 fully saturated rings. The van der Waals surface area contributed by atoms with Gasteiger partial charge in [-0.05, 0) is 53.8 Å². The summed E-state index contributed by atoms with van der Waals surface area (Å²) in [4.78, 5) is 4.77. The average molecular weight is 399 g/mol. The van der Waals surface area contributed by atoms with Gasteiger partial charge in [0, 0.05) is 34.1 Å². The van der Waals surface area contributed by atoms with Crippen LogP contribution in [0.5, 0.6) is 0 Å². The number of imidazole rings is 1. The van der Waals surface area contributed by atoms with Crippen LogP contribution >= 0.6 is 0 Å². The lowest BCUT2D eigenvalue weighted by molar-refractivity contribution is 1.27. The van der Waals surface area contributed by atoms with Crippen LogP contribution in [0.15, 0.2) is 97.3 Å². The van der Waals surface area contributed by atoms with Gasteiger partial charge in [-0.3, -0.25) is 4.40 Å². The predicted molar refractivity (Wildman–Crippen MR) is 131 cm³/mol. The first-order valence-corrected chi connectivity index (χ1v) is 10.7. The summed E-state index contributed by atoms with van der Waals surface area (Å²) < 4.78 is 2.25. The van der Waals surface area contributed by atoms with Gasteiger partial charge in [-0.1, -0.05) is 72.8 Å². The van der Waals surface area contributed by atoms with Gasteiger partial charge in [0.05, 0.1) is 5.52 Å². The quantitative estimate of drug-likeness (QED) is 0.275. The van der Waals surface area contributed by atoms with Crippen molar-refractivity contribution in [1.82, 2.24) is 9.38 Å². The molecule has 0 aliphatic carbocycles. The van der Waals surface area contributed by atoms with Crippen LogP contribution < -0.4 is 0 Å². The van der Waals surface area contributed by atoms with E-state index >= 15 is 0 Å². The molecule has 0 aliphatic rings. The van der Waals surface area contributed by atoms with Crippen LogP contribution in [0.4, 0.5) is 0 Å². The molecular formula is C29H22N2. The summed E-state index contributed by atoms with van der Waals surface area (Å²) in [5.41, 5.74) is 9.73. The van der Waals surface area contributed by atoms with Gasteiger partial charge in [0.15, 0.2) is 0 Å². The molecular weight excluding hydrogens is 376 g/mol. The van der Waals surface area contributed by atoms with Gasteiger partial charge in [0.2, 0.25) is 0 Å². The van der Waals surface area contributed by atoms with Gasteiger partial charge < -0.3 is 0 Å². The fourth-order valence-electron chi connectivity index (χ4n) is 4.88. The smallest absolute Gasteiger partial charge is 0.145 e. The summed E-state index contributed by atoms with van der Waals surface area (Å²) in [7, 11) is 0. The Kier molecular flexibility index (Phi) is 3.94. The Morgan fingerprint density at radius 1 is 0.677 bits per heavy atom. The summed E-state index contributed by atoms with van der Waals surface area (Å²) in [6.45, 7) is 4.37. The highest BCUT2D eigenvalue weighted by atomic mass is 15.0. The maximum Gasteiger partial charge on any atom is 0.145 e. The summed E-state index contributed by atoms with van der Waals surface area (Å²) in [6.07, 6.45) is 3.99. The average Bonchev–Trinajstić information content (AvgIpc) is 3.29. The molecule has 0 saturated carbocycles. The molecule has 0 aliphatic heterocycles. The van der Waals surface area contributed by atoms with Gasteiger partial charge in [0.25, 0.3) is 0 Å². The first kappa shape index (κ1) is 17.9. The van der Waals surface area contributed by atoms with Gasteiger partial charge in [0.1, 0.15) is 5.65 Å². The van der Waals surface area contributed by atoms with E-state index in [4.69, 9.17) is 4.98 Å². The van der Waals surface area contributed by atoms with Gasteiger partial charge in [-0.15, -0.1) is 0 Å². The van der Waals surface area contributed by atoms with Gasteiger partial charge in [-0.2, -0.15) is 0 Å². The molecule has 0 N–H and O–H groups in total. The van der Waals surface area contributed by atoms with Crippen molar-refractivity contribution in [3.8, 4) is 22.3 Å². The highest BCUT2D eigenvalue weighted by molar-refractivity contribution is 6.20. The number of aryl methyl sites for hydroxylation is 2. The minimum absolute atomic E-state index is 0.999. The number of hydrogen-bond acceptors (Lipinski definition) is 1. The third-order valence-corrected chi connectivity index (χ3v) is 6.23. The van der Waals surface area contributed by atoms with Crippen molar-refractivity contribution in [3.63, 3.8) is 0 Å². The zero-order valence-corrected chi connectivity index (χ0v) is 17.6. The summed E-state index contributed by atoms with van der Waals surface area (Å²) in [6, 6.07) is 30.5. The number of aromatic nitrogens is 2. The summed E-state index contributed by atoms with van der Waals surface area (Å²) in [5.74, 6) is 0. The van der Waals surface area contributed by atoms with Crippen LogP contribution in [-0.4, -0.2) is 9.38 Å². The summed E-state index contributed by atoms with van der Waals surface area (Å²) >= 11 is 0. The van der Waals surface area contributed by atoms with Crippen LogP contribution in [-0.2, 0) is 0 Å². The second-order valence-electron chi connectivity index (χ2n) is 8.24. The molecule has 2 aromatic heterocycles. The highest BCUT2D eigenvalue weighted by Gasteiger charge is 2.17. The van der Waals surface area contributed by atoms with E-state index in [1.807, 2.05) is 6.20 Å². The maximum atomic E-state index is 4.77. The predicted octanol–water partition coefficient (Wildman–Crippen LogP) is 7.59. The summed E-state index contributed by atoms with van der Waals surface area (Å²) in [5, 5.41) is 3.72. The minimum Gasteiger partial charge on any atom is -0.299 e. The number of pyridine rings is 1. The van der Waals surface area contributed by atoms with E-state index in [9.17, 15) is 0 Å². The van der Waals surface area contributed by atoms with Crippen LogP contribution in [0.2, 0.25) is 0 Å². The molecule has 4 aromatic carbocycles. The van der Waals surface area contributed by atoms with E-state index < -0.39 is 0 Å². The Bertz CT molecular complexity index is 1590. The number of benzene rings is 4. The third kappa shape index (κ3) is 2.69. The van der Waals surface area contributed by atoms with Crippen LogP contribution in [0.3, 0.4) is 0 Å². The number of hydrogen-bond donors (Lipinski definition) is 0. The largest absolute Gasteiger partial charge is 0.299 e. The second-order valence-corrected chi connectivity index (χ2v) is 8.24. The molecule has 0 bridgehead atoms. The van der Waals surface area contributed by atoms with Crippen molar-refractivity contribution < 1.29 is 0 Å². The second kappa shape index (κ2) is 6.82. The van der Waals surface area contributed by atoms with Gasteiger partial charge in [-0.25, -0.2) is 4.98 Å². The lowest BCUT2D eigenvalue weighted by Gasteiger charge is -2.17. The third-order valence-electron chi connectivity index (χ3n) is 6.23. The Morgan fingerprint density at radius 3 is 2.29 bits per heavy atom. The molecule has 2 heterocycles. The van der Waals surface area contributed by atoms with E-state index in [0.29, 0.717) is 0 Å². The van der Waals surface area contributed by atoms with Crippen molar-refractivity contribution in [1.29, 1.82) is 0 Å². The zero-order valence-electron chi connectivity index (χ0n) is 17.6. The molecule has 0 unspecified atom stereocenters. The molecule has 6 aromatic rings. The van der Waals surface area contributed by atoms with Crippen LogP contribution in [0.1, 0.15) is 11.1 Å². The van der Waals surface area contributed by atoms with Crippen molar-refractivity contribution in [2.24, 2.45) is 0 Å². The van der Waals surface area contributed by atoms with E-state index in [0.717, 1.165) is 5.65 Å². The molecule has 2 nitrogen and oxygen atoms in total. The monoisotopic (exact) mass is 398 g/mol. The molecule has 2 heteroatoms. The Morgan fingerprint density at radius 2 is 1.45 bits per heavy atom. The number of rotatable bonds is 2. The lowest BCUT2D eigenvalue weighted by atomic mass is 9.90. The number of nitrogens with zero attached hydrogens (tertiary/aromatic N) is 2. The van der Waals surface area contributed by atoms with E-state index in [2.05, 4.69) is 109 Å². The van der Waals surface area contributed by atoms with Crippen molar-refractivity contribution in [3.05, 3.63) is 108 Å². The maximum absolute atomic E-state index is 4.77. The first-order valence-electron chi connectivity index (χ1n) is 10.7. The molecule has 0 spiro atoms. The van der Waals surface area contributed by atoms with Crippen molar-refractivity contribution in [2.45, 2.75) is 13.8 Å². The van der Waals surface area contributed by atoms with E-state index in [1.54, 1.807) is 0 Å². The van der Waals surface area contributed by atoms with E-state index in [-0.39, 0.29) is 0 Å². The molecule has 0 amide bonds. The van der Waals surface area contributed by atoms with Crippen molar-refractivity contribution in [2.75, 3.05) is 0 Å². The fraction of sp³-hybridized carbons (Fsp3) is 0.0690. The fourth-order valence-corrected chi connectivity index (χ4v) is 4.88. The normalized spacial score (nSPS) is 11.5. The molecule has 0 atom stereocenters. The highest BCUT2D eigenvalue weighted by Crippen LogP contribution is 2.41. The Labute approximate surface area is 181 Å². The van der Waals surface area contributed by atoms with Gasteiger partial charge >= 0.3 is 0 Å². The lowest BCUT2D eigenvalue weighted by Crippen LogP contribution is -1.96. The topological polar surface area (TPSA) is 17.3 Å². The minimum atomic E-state index is 0.999. The molecule has 6 rings (SSSR count). The first-order chi connectivity index (χ1) is 15.2. The zero-order chi connectivity index (χ0) is 20.9. The number of fused-ring (bicyclic) bond motifs is 6. The van der Waals surface area contributed by atoms with Crippen LogP contribution in [0.25, 0.3) is 49.6 Å². The molecule has 0 radical (unpaired) electrons. The van der Waals surface area contributed by atoms with Crippen LogP contribution in [0, 0.1) is 13.8 Å². The molecule has 31 heavy (non-hydrogen) atoms. The SMILES string of the molecule is Cc1cc(-c2ccccc2)c2c(c1)c1c(-c3ccccc3C)cccc1c1nccn12. The standard InChI is InChI=1S/C29H22N2/c1-19-17-25(21-10-4-3-5-11-21)28-26(18-19)27-23(22-12-7-6-9-20(22)2)13-8-14-24(27)29-30-15-16-31(28)29/h3-18H,1-2H3. The van der Waals surface area contributed by atoms with Crippen molar-refractivity contribution >= 4 is 27.3 Å². The Hall–Kier alpha value is -3.91. The molecule has 148 valence electrons.